The van der Waals surface area contributed by atoms with Crippen LogP contribution >= 0.6 is 28.7 Å². The van der Waals surface area contributed by atoms with Gasteiger partial charge in [0.25, 0.3) is 5.91 Å². The van der Waals surface area contributed by atoms with E-state index in [0.717, 1.165) is 10.0 Å². The van der Waals surface area contributed by atoms with Crippen molar-refractivity contribution < 1.29 is 9.90 Å². The van der Waals surface area contributed by atoms with Gasteiger partial charge in [-0.15, -0.1) is 0 Å². The van der Waals surface area contributed by atoms with Crippen LogP contribution in [0.25, 0.3) is 0 Å². The molecule has 0 bridgehead atoms. The number of carbonyl (C=O) groups is 1. The largest absolute Gasteiger partial charge is 0.505 e. The van der Waals surface area contributed by atoms with Crippen LogP contribution in [-0.2, 0) is 6.54 Å². The topological polar surface area (TPSA) is 103 Å². The molecule has 0 aliphatic heterocycles. The van der Waals surface area contributed by atoms with E-state index in [9.17, 15) is 9.90 Å². The molecule has 0 heterocycles. The molecule has 3 rings (SSSR count). The van der Waals surface area contributed by atoms with Crippen molar-refractivity contribution in [2.75, 3.05) is 7.05 Å². The van der Waals surface area contributed by atoms with Crippen LogP contribution in [0.1, 0.15) is 15.9 Å². The predicted molar refractivity (Wildman–Crippen MR) is 135 cm³/mol. The molecular formula is C23H22BrN5O2S. The van der Waals surface area contributed by atoms with Crippen LogP contribution < -0.4 is 10.5 Å². The Morgan fingerprint density at radius 1 is 1.03 bits per heavy atom. The third kappa shape index (κ3) is 5.68. The first-order chi connectivity index (χ1) is 15.4. The third-order valence-corrected chi connectivity index (χ3v) is 5.41. The lowest BCUT2D eigenvalue weighted by molar-refractivity contribution is 0.0782. The van der Waals surface area contributed by atoms with Crippen molar-refractivity contribution in [3.8, 4) is 5.75 Å². The van der Waals surface area contributed by atoms with Gasteiger partial charge in [-0.25, -0.2) is 9.98 Å². The Morgan fingerprint density at radius 2 is 1.69 bits per heavy atom. The molecule has 4 N–H and O–H groups in total. The van der Waals surface area contributed by atoms with Gasteiger partial charge in [0.1, 0.15) is 5.69 Å². The average molecular weight is 512 g/mol. The number of hydrogen-bond donors (Lipinski definition) is 4. The first-order valence-corrected chi connectivity index (χ1v) is 10.8. The number of amidine groups is 2. The molecule has 1 amide bonds. The minimum absolute atomic E-state index is 0.00621. The molecule has 3 aromatic rings. The Kier molecular flexibility index (Phi) is 7.91. The van der Waals surface area contributed by atoms with E-state index in [1.165, 1.54) is 4.90 Å². The molecule has 0 fully saturated rings. The van der Waals surface area contributed by atoms with Crippen molar-refractivity contribution in [1.82, 2.24) is 9.62 Å². The van der Waals surface area contributed by atoms with Gasteiger partial charge < -0.3 is 20.5 Å². The summed E-state index contributed by atoms with van der Waals surface area (Å²) in [5.41, 5.74) is 7.97. The Hall–Kier alpha value is -3.30. The van der Waals surface area contributed by atoms with Crippen molar-refractivity contribution in [2.24, 2.45) is 15.7 Å². The number of benzene rings is 3. The maximum Gasteiger partial charge on any atom is 0.257 e. The summed E-state index contributed by atoms with van der Waals surface area (Å²) in [5.74, 6) is -0.415. The fourth-order valence-electron chi connectivity index (χ4n) is 2.91. The lowest BCUT2D eigenvalue weighted by atomic mass is 10.1. The highest BCUT2D eigenvalue weighted by Crippen LogP contribution is 2.31. The van der Waals surface area contributed by atoms with Gasteiger partial charge in [0.05, 0.1) is 11.3 Å². The summed E-state index contributed by atoms with van der Waals surface area (Å²) in [5, 5.41) is 10.7. The van der Waals surface area contributed by atoms with E-state index in [1.807, 2.05) is 48.5 Å². The van der Waals surface area contributed by atoms with Crippen molar-refractivity contribution in [1.29, 1.82) is 0 Å². The van der Waals surface area contributed by atoms with E-state index in [4.69, 9.17) is 5.73 Å². The van der Waals surface area contributed by atoms with E-state index in [0.29, 0.717) is 12.2 Å². The van der Waals surface area contributed by atoms with E-state index >= 15 is 0 Å². The molecule has 9 heteroatoms. The van der Waals surface area contributed by atoms with Crippen LogP contribution in [0.2, 0.25) is 0 Å². The Morgan fingerprint density at radius 3 is 2.38 bits per heavy atom. The zero-order valence-electron chi connectivity index (χ0n) is 17.2. The molecule has 0 aromatic heterocycles. The smallest absolute Gasteiger partial charge is 0.257 e. The highest BCUT2D eigenvalue weighted by Gasteiger charge is 2.19. The number of aliphatic imine (C=N–C) groups is 2. The number of nitrogens with zero attached hydrogens (tertiary/aromatic N) is 3. The van der Waals surface area contributed by atoms with Gasteiger partial charge in [-0.2, -0.15) is 0 Å². The number of nitrogens with two attached hydrogens (primary N) is 1. The molecule has 0 unspecified atom stereocenters. The first-order valence-electron chi connectivity index (χ1n) is 9.60. The highest BCUT2D eigenvalue weighted by atomic mass is 79.9. The second-order valence-corrected chi connectivity index (χ2v) is 7.92. The van der Waals surface area contributed by atoms with Gasteiger partial charge in [-0.1, -0.05) is 61.3 Å². The second-order valence-electron chi connectivity index (χ2n) is 6.84. The SMILES string of the molecule is CN(Cc1ccccc1)C(=O)c1cccc(N=C(N)C(=Nc2ccccc2Br)NS)c1O. The van der Waals surface area contributed by atoms with Gasteiger partial charge in [-0.3, -0.25) is 4.79 Å². The Bertz CT molecular complexity index is 1170. The summed E-state index contributed by atoms with van der Waals surface area (Å²) in [7, 11) is 1.67. The normalized spacial score (nSPS) is 11.8. The number of nitrogens with one attached hydrogen (secondary N) is 1. The Labute approximate surface area is 200 Å². The van der Waals surface area contributed by atoms with E-state index in [-0.39, 0.29) is 34.6 Å². The lowest BCUT2D eigenvalue weighted by Gasteiger charge is -2.18. The molecule has 3 aromatic carbocycles. The number of para-hydroxylation sites is 2. The highest BCUT2D eigenvalue weighted by molar-refractivity contribution is 9.10. The number of hydrogen-bond acceptors (Lipinski definition) is 5. The molecule has 0 saturated heterocycles. The number of halogens is 1. The molecule has 0 saturated carbocycles. The van der Waals surface area contributed by atoms with Crippen LogP contribution in [0, 0.1) is 0 Å². The standard InChI is InChI=1S/C23H22BrN5O2S/c1-29(14-15-8-3-2-4-9-15)23(31)16-10-7-13-19(20(16)30)26-21(25)22(28-32)27-18-12-6-5-11-17(18)24/h2-13,30,32H,14H2,1H3,(H2,25,26)(H,27,28). The monoisotopic (exact) mass is 511 g/mol. The van der Waals surface area contributed by atoms with Gasteiger partial charge >= 0.3 is 0 Å². The molecule has 164 valence electrons. The number of phenolic OH excluding ortho intramolecular Hbond substituents is 1. The maximum atomic E-state index is 12.9. The summed E-state index contributed by atoms with van der Waals surface area (Å²) in [6.07, 6.45) is 0. The van der Waals surface area contributed by atoms with Crippen LogP contribution in [0.5, 0.6) is 5.75 Å². The fraction of sp³-hybridized carbons (Fsp3) is 0.0870. The van der Waals surface area contributed by atoms with Gasteiger partial charge in [0, 0.05) is 18.1 Å². The van der Waals surface area contributed by atoms with E-state index < -0.39 is 0 Å². The summed E-state index contributed by atoms with van der Waals surface area (Å²) in [6.45, 7) is 0.404. The van der Waals surface area contributed by atoms with Crippen molar-refractivity contribution >= 4 is 57.7 Å². The van der Waals surface area contributed by atoms with Crippen molar-refractivity contribution in [3.63, 3.8) is 0 Å². The summed E-state index contributed by atoms with van der Waals surface area (Å²) in [6, 6.07) is 21.7. The minimum Gasteiger partial charge on any atom is -0.505 e. The molecule has 0 spiro atoms. The van der Waals surface area contributed by atoms with Crippen molar-refractivity contribution in [3.05, 3.63) is 88.4 Å². The van der Waals surface area contributed by atoms with Crippen LogP contribution in [0.3, 0.4) is 0 Å². The number of rotatable bonds is 5. The maximum absolute atomic E-state index is 12.9. The fourth-order valence-corrected chi connectivity index (χ4v) is 3.45. The summed E-state index contributed by atoms with van der Waals surface area (Å²) >= 11 is 7.48. The zero-order valence-corrected chi connectivity index (χ0v) is 19.7. The van der Waals surface area contributed by atoms with E-state index in [2.05, 4.69) is 43.5 Å². The summed E-state index contributed by atoms with van der Waals surface area (Å²) < 4.78 is 3.38. The average Bonchev–Trinajstić information content (AvgIpc) is 2.80. The molecule has 32 heavy (non-hydrogen) atoms. The molecule has 0 atom stereocenters. The number of aromatic hydroxyl groups is 1. The van der Waals surface area contributed by atoms with Crippen LogP contribution in [-0.4, -0.2) is 34.6 Å². The predicted octanol–water partition coefficient (Wildman–Crippen LogP) is 4.58. The van der Waals surface area contributed by atoms with E-state index in [1.54, 1.807) is 31.3 Å². The second kappa shape index (κ2) is 10.8. The molecule has 0 aliphatic rings. The van der Waals surface area contributed by atoms with Gasteiger partial charge in [0.2, 0.25) is 0 Å². The molecule has 7 nitrogen and oxygen atoms in total. The number of thiol groups is 1. The number of phenols is 1. The van der Waals surface area contributed by atoms with Crippen molar-refractivity contribution in [2.45, 2.75) is 6.54 Å². The molecular weight excluding hydrogens is 490 g/mol. The van der Waals surface area contributed by atoms with Crippen LogP contribution in [0.15, 0.2) is 87.3 Å². The summed E-state index contributed by atoms with van der Waals surface area (Å²) in [4.78, 5) is 23.1. The minimum atomic E-state index is -0.337. The van der Waals surface area contributed by atoms with Crippen LogP contribution in [0.4, 0.5) is 11.4 Å². The van der Waals surface area contributed by atoms with Gasteiger partial charge in [0.15, 0.2) is 17.4 Å². The molecule has 0 aliphatic carbocycles. The van der Waals surface area contributed by atoms with Gasteiger partial charge in [-0.05, 0) is 45.8 Å². The first kappa shape index (κ1) is 23.4. The third-order valence-electron chi connectivity index (χ3n) is 4.53. The quantitative estimate of drug-likeness (QED) is 0.228. The number of carbonyl (C=O) groups excluding carboxylic acids is 1. The Balaban J connectivity index is 1.87. The number of amides is 1. The zero-order chi connectivity index (χ0) is 23.1. The lowest BCUT2D eigenvalue weighted by Crippen LogP contribution is -2.31. The molecule has 0 radical (unpaired) electrons.